The quantitative estimate of drug-likeness (QED) is 0.0460. The molecular weight excluding hydrogens is 837 g/mol. The lowest BCUT2D eigenvalue weighted by atomic mass is 9.93. The summed E-state index contributed by atoms with van der Waals surface area (Å²) in [6.45, 7) is 0. The molecule has 0 saturated carbocycles. The van der Waals surface area contributed by atoms with Crippen LogP contribution in [-0.2, 0) is 0 Å². The van der Waals surface area contributed by atoms with Crippen LogP contribution in [0.3, 0.4) is 0 Å². The van der Waals surface area contributed by atoms with Crippen molar-refractivity contribution >= 4 is 28.3 Å². The lowest BCUT2D eigenvalue weighted by molar-refractivity contribution is 0.0227. The monoisotopic (exact) mass is 880 g/mol. The van der Waals surface area contributed by atoms with Crippen molar-refractivity contribution in [1.82, 2.24) is 0 Å². The van der Waals surface area contributed by atoms with Gasteiger partial charge < -0.3 is 60.9 Å². The van der Waals surface area contributed by atoms with Crippen LogP contribution in [-0.4, -0.2) is 69.3 Å². The second-order valence-electron chi connectivity index (χ2n) is 15.9. The molecule has 7 aromatic rings. The highest BCUT2D eigenvalue weighted by atomic mass is 16.4. The summed E-state index contributed by atoms with van der Waals surface area (Å²) in [7, 11) is 0. The molecule has 330 valence electrons. The molecule has 0 spiro atoms. The standard InChI is InChI=1S/C54H44N2O10/c57-45-43(46(58)50(62)53(65)49(45)61)55(39-22-14-33(15-23-39)31-8-3-1-4-9-31)41-26-18-35(19-27-41)37-12-7-13-38(30-37)36-20-28-42(29-21-36)56(44-47(59)51(63)54(66)52(64)48(44)60)40-24-16-34(17-25-40)32-10-5-2-6-11-32/h1-28,30,42,45,49,57-66H,29H2. The zero-order valence-electron chi connectivity index (χ0n) is 35.0. The molecule has 0 aliphatic heterocycles. The van der Waals surface area contributed by atoms with Crippen LogP contribution >= 0.6 is 0 Å². The Morgan fingerprint density at radius 2 is 0.848 bits per heavy atom. The molecule has 12 heteroatoms. The van der Waals surface area contributed by atoms with Crippen molar-refractivity contribution in [2.45, 2.75) is 24.7 Å². The van der Waals surface area contributed by atoms with Gasteiger partial charge >= 0.3 is 0 Å². The lowest BCUT2D eigenvalue weighted by Crippen LogP contribution is -2.41. The van der Waals surface area contributed by atoms with Crippen molar-refractivity contribution in [3.63, 3.8) is 0 Å². The molecule has 0 saturated heterocycles. The van der Waals surface area contributed by atoms with Crippen LogP contribution in [0, 0.1) is 0 Å². The predicted octanol–water partition coefficient (Wildman–Crippen LogP) is 10.7. The van der Waals surface area contributed by atoms with Gasteiger partial charge in [-0.2, -0.15) is 0 Å². The van der Waals surface area contributed by atoms with Gasteiger partial charge in [0.25, 0.3) is 0 Å². The van der Waals surface area contributed by atoms with Gasteiger partial charge in [-0.15, -0.1) is 0 Å². The SMILES string of the molecule is OC1=C(O)C(O)C(O)C(N(c2ccc(-c3ccccc3)cc2)c2ccc(-c3cccc(C4=CCC(N(c5ccc(-c6ccccc6)cc5)c5c(O)c(O)c(O)c(O)c5O)C=C4)c3)cc2)=C1O. The Balaban J connectivity index is 1.02. The molecule has 0 radical (unpaired) electrons. The fraction of sp³-hybridized carbons (Fsp3) is 0.0741. The number of aliphatic hydroxyl groups is 5. The molecule has 0 amide bonds. The number of aromatic hydroxyl groups is 5. The molecule has 0 heterocycles. The molecule has 2 aliphatic rings. The Labute approximate surface area is 379 Å². The smallest absolute Gasteiger partial charge is 0.208 e. The van der Waals surface area contributed by atoms with Crippen LogP contribution in [0.1, 0.15) is 12.0 Å². The molecule has 7 aromatic carbocycles. The van der Waals surface area contributed by atoms with Crippen molar-refractivity contribution in [1.29, 1.82) is 0 Å². The van der Waals surface area contributed by atoms with E-state index in [1.807, 2.05) is 140 Å². The van der Waals surface area contributed by atoms with E-state index < -0.39 is 64.3 Å². The molecule has 9 rings (SSSR count). The molecule has 66 heavy (non-hydrogen) atoms. The molecule has 0 aromatic heterocycles. The second kappa shape index (κ2) is 17.5. The number of phenols is 5. The predicted molar refractivity (Wildman–Crippen MR) is 254 cm³/mol. The first kappa shape index (κ1) is 42.7. The summed E-state index contributed by atoms with van der Waals surface area (Å²) in [6, 6.07) is 48.7. The highest BCUT2D eigenvalue weighted by Crippen LogP contribution is 2.57. The average Bonchev–Trinajstić information content (AvgIpc) is 3.37. The third-order valence-electron chi connectivity index (χ3n) is 11.9. The van der Waals surface area contributed by atoms with E-state index in [2.05, 4.69) is 0 Å². The highest BCUT2D eigenvalue weighted by Gasteiger charge is 2.40. The summed E-state index contributed by atoms with van der Waals surface area (Å²) in [5.74, 6) is -7.30. The van der Waals surface area contributed by atoms with Crippen LogP contribution in [0.25, 0.3) is 39.0 Å². The first-order valence-electron chi connectivity index (χ1n) is 21.0. The maximum Gasteiger partial charge on any atom is 0.208 e. The van der Waals surface area contributed by atoms with Gasteiger partial charge in [-0.25, -0.2) is 0 Å². The molecule has 3 unspecified atom stereocenters. The Bertz CT molecular complexity index is 3030. The second-order valence-corrected chi connectivity index (χ2v) is 15.9. The van der Waals surface area contributed by atoms with Gasteiger partial charge in [-0.05, 0) is 93.4 Å². The minimum Gasteiger partial charge on any atom is -0.506 e. The first-order chi connectivity index (χ1) is 31.9. The van der Waals surface area contributed by atoms with Gasteiger partial charge in [-0.3, -0.25) is 0 Å². The van der Waals surface area contributed by atoms with Gasteiger partial charge in [0.05, 0.1) is 6.04 Å². The van der Waals surface area contributed by atoms with E-state index in [0.717, 1.165) is 44.5 Å². The van der Waals surface area contributed by atoms with Crippen molar-refractivity contribution < 1.29 is 51.1 Å². The lowest BCUT2D eigenvalue weighted by Gasteiger charge is -2.35. The van der Waals surface area contributed by atoms with Crippen LogP contribution < -0.4 is 9.80 Å². The van der Waals surface area contributed by atoms with Crippen LogP contribution in [0.2, 0.25) is 0 Å². The Hall–Kier alpha value is -8.58. The fourth-order valence-electron chi connectivity index (χ4n) is 8.45. The molecule has 12 nitrogen and oxygen atoms in total. The summed E-state index contributed by atoms with van der Waals surface area (Å²) in [5, 5.41) is 107. The van der Waals surface area contributed by atoms with Crippen LogP contribution in [0.5, 0.6) is 28.7 Å². The van der Waals surface area contributed by atoms with E-state index in [1.54, 1.807) is 41.3 Å². The van der Waals surface area contributed by atoms with Crippen molar-refractivity contribution in [3.8, 4) is 62.1 Å². The molecular formula is C54H44N2O10. The Morgan fingerprint density at radius 1 is 0.409 bits per heavy atom. The largest absolute Gasteiger partial charge is 0.506 e. The summed E-state index contributed by atoms with van der Waals surface area (Å²) in [5.41, 5.74) is 8.20. The van der Waals surface area contributed by atoms with Gasteiger partial charge in [0.1, 0.15) is 23.6 Å². The zero-order valence-corrected chi connectivity index (χ0v) is 35.0. The summed E-state index contributed by atoms with van der Waals surface area (Å²) >= 11 is 0. The molecule has 10 N–H and O–H groups in total. The number of hydrogen-bond acceptors (Lipinski definition) is 12. The molecule has 2 aliphatic carbocycles. The number of rotatable bonds is 10. The third kappa shape index (κ3) is 7.76. The average molecular weight is 881 g/mol. The van der Waals surface area contributed by atoms with Gasteiger partial charge in [0.15, 0.2) is 23.0 Å². The zero-order chi connectivity index (χ0) is 46.2. The van der Waals surface area contributed by atoms with E-state index in [1.165, 1.54) is 4.90 Å². The van der Waals surface area contributed by atoms with E-state index >= 15 is 0 Å². The van der Waals surface area contributed by atoms with Crippen LogP contribution in [0.15, 0.2) is 199 Å². The molecule has 0 fully saturated rings. The van der Waals surface area contributed by atoms with E-state index in [0.29, 0.717) is 23.5 Å². The number of benzene rings is 7. The number of aliphatic hydroxyl groups excluding tert-OH is 5. The number of allylic oxidation sites excluding steroid dienone is 2. The number of hydrogen-bond donors (Lipinski definition) is 10. The summed E-state index contributed by atoms with van der Waals surface area (Å²) < 4.78 is 0. The van der Waals surface area contributed by atoms with E-state index in [9.17, 15) is 51.1 Å². The minimum atomic E-state index is -1.90. The van der Waals surface area contributed by atoms with Crippen molar-refractivity contribution in [3.05, 3.63) is 204 Å². The fourth-order valence-corrected chi connectivity index (χ4v) is 8.45. The number of anilines is 4. The third-order valence-corrected chi connectivity index (χ3v) is 11.9. The molecule has 0 bridgehead atoms. The Morgan fingerprint density at radius 3 is 1.35 bits per heavy atom. The van der Waals surface area contributed by atoms with E-state index in [4.69, 9.17) is 0 Å². The van der Waals surface area contributed by atoms with Gasteiger partial charge in [-0.1, -0.05) is 133 Å². The number of nitrogens with zero attached hydrogens (tertiary/aromatic N) is 2. The normalized spacial score (nSPS) is 17.1. The summed E-state index contributed by atoms with van der Waals surface area (Å²) in [4.78, 5) is 3.10. The minimum absolute atomic E-state index is 0.235. The summed E-state index contributed by atoms with van der Waals surface area (Å²) in [6.07, 6.45) is 2.45. The Kier molecular flexibility index (Phi) is 11.3. The topological polar surface area (TPSA) is 209 Å². The first-order valence-corrected chi connectivity index (χ1v) is 21.0. The maximum absolute atomic E-state index is 11.2. The molecule has 3 atom stereocenters. The van der Waals surface area contributed by atoms with Crippen LogP contribution in [0.4, 0.5) is 22.7 Å². The maximum atomic E-state index is 11.2. The number of phenolic OH excluding ortho intramolecular Hbond substituents is 5. The van der Waals surface area contributed by atoms with Gasteiger partial charge in [0, 0.05) is 17.1 Å². The van der Waals surface area contributed by atoms with Gasteiger partial charge in [0.2, 0.25) is 23.0 Å². The highest BCUT2D eigenvalue weighted by molar-refractivity contribution is 5.87. The van der Waals surface area contributed by atoms with Crippen molar-refractivity contribution in [2.24, 2.45) is 0 Å². The van der Waals surface area contributed by atoms with E-state index in [-0.39, 0.29) is 11.4 Å². The van der Waals surface area contributed by atoms with Crippen molar-refractivity contribution in [2.75, 3.05) is 9.80 Å².